The molecule has 0 nitrogen and oxygen atoms in total. The summed E-state index contributed by atoms with van der Waals surface area (Å²) in [4.78, 5) is 1.48. The fourth-order valence-electron chi connectivity index (χ4n) is 2.47. The predicted molar refractivity (Wildman–Crippen MR) is 87.5 cm³/mol. The molecule has 0 N–H and O–H groups in total. The van der Waals surface area contributed by atoms with Crippen LogP contribution in [-0.2, 0) is 0 Å². The average Bonchev–Trinajstić information content (AvgIpc) is 2.78. The third-order valence-electron chi connectivity index (χ3n) is 3.75. The zero-order chi connectivity index (χ0) is 13.6. The van der Waals surface area contributed by atoms with E-state index in [1.165, 1.54) is 31.3 Å². The summed E-state index contributed by atoms with van der Waals surface area (Å²) in [7, 11) is 0. The number of rotatable bonds is 2. The topological polar surface area (TPSA) is 0 Å². The van der Waals surface area contributed by atoms with Crippen LogP contribution in [0, 0.1) is 0 Å². The first-order valence-corrected chi connectivity index (χ1v) is 7.83. The van der Waals surface area contributed by atoms with E-state index in [0.717, 1.165) is 0 Å². The van der Waals surface area contributed by atoms with Crippen LogP contribution >= 0.6 is 11.3 Å². The number of hydrogen-bond acceptors (Lipinski definition) is 1. The molecule has 0 aliphatic carbocycles. The van der Waals surface area contributed by atoms with Crippen LogP contribution in [0.1, 0.15) is 50.0 Å². The van der Waals surface area contributed by atoms with Crippen molar-refractivity contribution in [3.8, 4) is 0 Å². The molecular weight excluding hydrogens is 248 g/mol. The highest BCUT2D eigenvalue weighted by Crippen LogP contribution is 2.34. The molecule has 0 bridgehead atoms. The van der Waals surface area contributed by atoms with Crippen molar-refractivity contribution >= 4 is 32.2 Å². The smallest absolute Gasteiger partial charge is 0.0352 e. The van der Waals surface area contributed by atoms with Gasteiger partial charge < -0.3 is 0 Å². The molecule has 98 valence electrons. The minimum absolute atomic E-state index is 0.592. The van der Waals surface area contributed by atoms with Crippen LogP contribution in [0.25, 0.3) is 20.9 Å². The molecule has 3 rings (SSSR count). The minimum atomic E-state index is 0.592. The molecule has 0 aliphatic heterocycles. The molecule has 19 heavy (non-hydrogen) atoms. The quantitative estimate of drug-likeness (QED) is 0.511. The SMILES string of the molecule is CC(C)c1ccc2cc3cc(C(C)C)sc3cc2c1. The second-order valence-electron chi connectivity index (χ2n) is 5.95. The lowest BCUT2D eigenvalue weighted by atomic mass is 9.99. The molecule has 0 fully saturated rings. The van der Waals surface area contributed by atoms with Crippen molar-refractivity contribution < 1.29 is 0 Å². The first-order valence-electron chi connectivity index (χ1n) is 7.02. The lowest BCUT2D eigenvalue weighted by Gasteiger charge is -2.07. The summed E-state index contributed by atoms with van der Waals surface area (Å²) >= 11 is 1.93. The summed E-state index contributed by atoms with van der Waals surface area (Å²) in [6, 6.07) is 13.9. The van der Waals surface area contributed by atoms with Gasteiger partial charge in [-0.2, -0.15) is 0 Å². The second-order valence-corrected chi connectivity index (χ2v) is 7.07. The van der Waals surface area contributed by atoms with Gasteiger partial charge in [0.25, 0.3) is 0 Å². The Bertz CT molecular complexity index is 726. The van der Waals surface area contributed by atoms with Crippen LogP contribution in [0.4, 0.5) is 0 Å². The number of benzene rings is 2. The predicted octanol–water partition coefficient (Wildman–Crippen LogP) is 6.30. The molecule has 0 unspecified atom stereocenters. The van der Waals surface area contributed by atoms with Gasteiger partial charge in [0.1, 0.15) is 0 Å². The molecule has 3 aromatic rings. The zero-order valence-electron chi connectivity index (χ0n) is 12.0. The van der Waals surface area contributed by atoms with E-state index in [4.69, 9.17) is 0 Å². The largest absolute Gasteiger partial charge is 0.140 e. The Morgan fingerprint density at radius 2 is 1.53 bits per heavy atom. The van der Waals surface area contributed by atoms with Gasteiger partial charge in [0, 0.05) is 9.58 Å². The maximum absolute atomic E-state index is 2.35. The van der Waals surface area contributed by atoms with Crippen LogP contribution in [0.15, 0.2) is 36.4 Å². The average molecular weight is 268 g/mol. The Morgan fingerprint density at radius 1 is 0.737 bits per heavy atom. The Kier molecular flexibility index (Phi) is 3.10. The maximum Gasteiger partial charge on any atom is 0.0352 e. The summed E-state index contributed by atoms with van der Waals surface area (Å²) in [5, 5.41) is 4.11. The van der Waals surface area contributed by atoms with Crippen LogP contribution < -0.4 is 0 Å². The lowest BCUT2D eigenvalue weighted by molar-refractivity contribution is 0.869. The van der Waals surface area contributed by atoms with Crippen molar-refractivity contribution in [3.05, 3.63) is 46.8 Å². The third-order valence-corrected chi connectivity index (χ3v) is 5.15. The van der Waals surface area contributed by atoms with E-state index in [-0.39, 0.29) is 0 Å². The standard InChI is InChI=1S/C18H20S/c1-11(2)13-5-6-14-8-16-10-17(12(3)4)19-18(16)9-15(14)7-13/h5-12H,1-4H3. The number of thiophene rings is 1. The molecule has 2 aromatic carbocycles. The van der Waals surface area contributed by atoms with E-state index >= 15 is 0 Å². The number of hydrogen-bond donors (Lipinski definition) is 0. The van der Waals surface area contributed by atoms with Crippen molar-refractivity contribution in [3.63, 3.8) is 0 Å². The van der Waals surface area contributed by atoms with Gasteiger partial charge in [-0.15, -0.1) is 11.3 Å². The normalized spacial score (nSPS) is 12.1. The summed E-state index contributed by atoms with van der Waals surface area (Å²) in [6.45, 7) is 9.03. The Hall–Kier alpha value is -1.34. The highest BCUT2D eigenvalue weighted by molar-refractivity contribution is 7.19. The van der Waals surface area contributed by atoms with Gasteiger partial charge in [0.15, 0.2) is 0 Å². The van der Waals surface area contributed by atoms with Gasteiger partial charge in [-0.1, -0.05) is 45.9 Å². The molecule has 1 heterocycles. The van der Waals surface area contributed by atoms with Gasteiger partial charge in [-0.3, -0.25) is 0 Å². The lowest BCUT2D eigenvalue weighted by Crippen LogP contribution is -1.86. The summed E-state index contributed by atoms with van der Waals surface area (Å²) in [6.07, 6.45) is 0. The zero-order valence-corrected chi connectivity index (χ0v) is 12.8. The monoisotopic (exact) mass is 268 g/mol. The van der Waals surface area contributed by atoms with E-state index in [9.17, 15) is 0 Å². The van der Waals surface area contributed by atoms with E-state index in [1.807, 2.05) is 11.3 Å². The highest BCUT2D eigenvalue weighted by atomic mass is 32.1. The Labute approximate surface area is 119 Å². The van der Waals surface area contributed by atoms with Crippen LogP contribution in [0.5, 0.6) is 0 Å². The summed E-state index contributed by atoms with van der Waals surface area (Å²) in [5.41, 5.74) is 1.42. The molecule has 0 saturated heterocycles. The molecule has 0 radical (unpaired) electrons. The van der Waals surface area contributed by atoms with Crippen molar-refractivity contribution in [2.24, 2.45) is 0 Å². The molecule has 1 heteroatoms. The van der Waals surface area contributed by atoms with E-state index in [0.29, 0.717) is 11.8 Å². The third kappa shape index (κ3) is 2.28. The minimum Gasteiger partial charge on any atom is -0.140 e. The molecule has 0 spiro atoms. The van der Waals surface area contributed by atoms with E-state index in [2.05, 4.69) is 64.1 Å². The van der Waals surface area contributed by atoms with Crippen LogP contribution in [0.2, 0.25) is 0 Å². The first kappa shape index (κ1) is 12.7. The molecule has 0 aliphatic rings. The van der Waals surface area contributed by atoms with Gasteiger partial charge >= 0.3 is 0 Å². The van der Waals surface area contributed by atoms with Gasteiger partial charge in [-0.05, 0) is 51.8 Å². The second kappa shape index (κ2) is 4.64. The summed E-state index contributed by atoms with van der Waals surface area (Å²) in [5.74, 6) is 1.21. The molecule has 0 amide bonds. The molecule has 0 atom stereocenters. The van der Waals surface area contributed by atoms with E-state index in [1.54, 1.807) is 0 Å². The van der Waals surface area contributed by atoms with Gasteiger partial charge in [-0.25, -0.2) is 0 Å². The maximum atomic E-state index is 2.35. The van der Waals surface area contributed by atoms with Crippen molar-refractivity contribution in [1.29, 1.82) is 0 Å². The van der Waals surface area contributed by atoms with E-state index < -0.39 is 0 Å². The highest BCUT2D eigenvalue weighted by Gasteiger charge is 2.07. The van der Waals surface area contributed by atoms with Crippen molar-refractivity contribution in [2.45, 2.75) is 39.5 Å². The van der Waals surface area contributed by atoms with Gasteiger partial charge in [0.2, 0.25) is 0 Å². The Balaban J connectivity index is 2.23. The summed E-state index contributed by atoms with van der Waals surface area (Å²) < 4.78 is 1.41. The van der Waals surface area contributed by atoms with Gasteiger partial charge in [0.05, 0.1) is 0 Å². The molecule has 0 saturated carbocycles. The van der Waals surface area contributed by atoms with Crippen molar-refractivity contribution in [2.75, 3.05) is 0 Å². The fraction of sp³-hybridized carbons (Fsp3) is 0.333. The first-order chi connectivity index (χ1) is 9.04. The molecule has 1 aromatic heterocycles. The fourth-order valence-corrected chi connectivity index (χ4v) is 3.56. The van der Waals surface area contributed by atoms with Crippen molar-refractivity contribution in [1.82, 2.24) is 0 Å². The Morgan fingerprint density at radius 3 is 2.21 bits per heavy atom. The van der Waals surface area contributed by atoms with Crippen LogP contribution in [-0.4, -0.2) is 0 Å². The van der Waals surface area contributed by atoms with Crippen LogP contribution in [0.3, 0.4) is 0 Å². The molecular formula is C18H20S. The number of fused-ring (bicyclic) bond motifs is 2.